The van der Waals surface area contributed by atoms with E-state index >= 15 is 0 Å². The quantitative estimate of drug-likeness (QED) is 0.666. The van der Waals surface area contributed by atoms with Crippen molar-refractivity contribution in [2.45, 2.75) is 13.3 Å². The second-order valence-electron chi connectivity index (χ2n) is 4.43. The highest BCUT2D eigenvalue weighted by molar-refractivity contribution is 5.35. The van der Waals surface area contributed by atoms with Gasteiger partial charge in [-0.25, -0.2) is 9.97 Å². The van der Waals surface area contributed by atoms with Crippen molar-refractivity contribution in [3.63, 3.8) is 0 Å². The van der Waals surface area contributed by atoms with Crippen LogP contribution in [0.15, 0.2) is 30.3 Å². The van der Waals surface area contributed by atoms with Crippen LogP contribution in [0.3, 0.4) is 0 Å². The first-order valence-electron chi connectivity index (χ1n) is 6.31. The van der Waals surface area contributed by atoms with Gasteiger partial charge in [-0.15, -0.1) is 0 Å². The average Bonchev–Trinajstić information content (AvgIpc) is 2.47. The molecule has 0 aliphatic carbocycles. The van der Waals surface area contributed by atoms with Gasteiger partial charge in [0.15, 0.2) is 0 Å². The van der Waals surface area contributed by atoms with Crippen LogP contribution in [0.2, 0.25) is 0 Å². The van der Waals surface area contributed by atoms with Gasteiger partial charge in [-0.3, -0.25) is 10.1 Å². The Labute approximate surface area is 121 Å². The van der Waals surface area contributed by atoms with Crippen LogP contribution >= 0.6 is 0 Å². The number of hydrogen-bond donors (Lipinski definition) is 1. The Morgan fingerprint density at radius 1 is 1.33 bits per heavy atom. The molecule has 0 aliphatic rings. The zero-order valence-corrected chi connectivity index (χ0v) is 11.4. The normalized spacial score (nSPS) is 9.90. The lowest BCUT2D eigenvalue weighted by Crippen LogP contribution is -2.09. The van der Waals surface area contributed by atoms with E-state index in [9.17, 15) is 10.1 Å². The van der Waals surface area contributed by atoms with E-state index in [0.29, 0.717) is 24.6 Å². The minimum atomic E-state index is -0.425. The molecule has 0 amide bonds. The van der Waals surface area contributed by atoms with Crippen molar-refractivity contribution in [3.05, 3.63) is 57.4 Å². The van der Waals surface area contributed by atoms with Crippen LogP contribution in [-0.2, 0) is 6.42 Å². The summed E-state index contributed by atoms with van der Waals surface area (Å²) in [6.07, 6.45) is 0.678. The molecular weight excluding hydrogens is 270 g/mol. The predicted octanol–water partition coefficient (Wildman–Crippen LogP) is 2.22. The lowest BCUT2D eigenvalue weighted by Gasteiger charge is -2.06. The Morgan fingerprint density at radius 3 is 2.67 bits per heavy atom. The molecule has 0 radical (unpaired) electrons. The maximum atomic E-state index is 10.6. The average molecular weight is 283 g/mol. The van der Waals surface area contributed by atoms with Crippen molar-refractivity contribution in [3.8, 4) is 6.07 Å². The zero-order valence-electron chi connectivity index (χ0n) is 11.4. The Bertz CT molecular complexity index is 692. The summed E-state index contributed by atoms with van der Waals surface area (Å²) >= 11 is 0. The lowest BCUT2D eigenvalue weighted by molar-refractivity contribution is -0.384. The molecule has 106 valence electrons. The molecule has 1 N–H and O–H groups in total. The summed E-state index contributed by atoms with van der Waals surface area (Å²) in [4.78, 5) is 18.4. The lowest BCUT2D eigenvalue weighted by atomic mass is 10.1. The van der Waals surface area contributed by atoms with Crippen LogP contribution in [0.4, 0.5) is 11.6 Å². The number of nitrogens with zero attached hydrogens (tertiary/aromatic N) is 4. The fourth-order valence-corrected chi connectivity index (χ4v) is 1.81. The molecule has 7 nitrogen and oxygen atoms in total. The smallest absolute Gasteiger partial charge is 0.269 e. The fraction of sp³-hybridized carbons (Fsp3) is 0.214. The van der Waals surface area contributed by atoms with Gasteiger partial charge in [0.05, 0.1) is 4.92 Å². The van der Waals surface area contributed by atoms with E-state index < -0.39 is 4.92 Å². The topological polar surface area (TPSA) is 105 Å². The summed E-state index contributed by atoms with van der Waals surface area (Å²) in [5, 5.41) is 22.4. The number of nitro groups is 1. The van der Waals surface area contributed by atoms with Crippen LogP contribution in [0.1, 0.15) is 17.0 Å². The van der Waals surface area contributed by atoms with Gasteiger partial charge >= 0.3 is 0 Å². The molecule has 0 saturated heterocycles. The second kappa shape index (κ2) is 6.43. The third kappa shape index (κ3) is 3.98. The maximum absolute atomic E-state index is 10.6. The van der Waals surface area contributed by atoms with E-state index in [2.05, 4.69) is 15.3 Å². The van der Waals surface area contributed by atoms with E-state index in [1.807, 2.05) is 6.07 Å². The molecule has 0 saturated carbocycles. The molecule has 2 aromatic rings. The fourth-order valence-electron chi connectivity index (χ4n) is 1.81. The number of nitro benzene ring substituents is 1. The summed E-state index contributed by atoms with van der Waals surface area (Å²) in [5.74, 6) is 0.411. The molecule has 0 spiro atoms. The highest BCUT2D eigenvalue weighted by atomic mass is 16.6. The number of anilines is 1. The minimum absolute atomic E-state index is 0.0763. The van der Waals surface area contributed by atoms with Crippen molar-refractivity contribution in [1.82, 2.24) is 9.97 Å². The van der Waals surface area contributed by atoms with Crippen LogP contribution < -0.4 is 5.32 Å². The Hall–Kier alpha value is -3.01. The van der Waals surface area contributed by atoms with Gasteiger partial charge in [0.25, 0.3) is 5.69 Å². The first kappa shape index (κ1) is 14.4. The monoisotopic (exact) mass is 283 g/mol. The zero-order chi connectivity index (χ0) is 15.2. The molecule has 1 aromatic carbocycles. The third-order valence-electron chi connectivity index (χ3n) is 2.81. The number of aryl methyl sites for hydroxylation is 1. The van der Waals surface area contributed by atoms with Gasteiger partial charge in [0.2, 0.25) is 5.95 Å². The van der Waals surface area contributed by atoms with E-state index in [-0.39, 0.29) is 5.69 Å². The maximum Gasteiger partial charge on any atom is 0.269 e. The van der Waals surface area contributed by atoms with E-state index in [1.165, 1.54) is 12.1 Å². The molecular formula is C14H13N5O2. The van der Waals surface area contributed by atoms with E-state index in [4.69, 9.17) is 5.26 Å². The Morgan fingerprint density at radius 2 is 2.05 bits per heavy atom. The van der Waals surface area contributed by atoms with Crippen molar-refractivity contribution < 1.29 is 4.92 Å². The molecule has 0 aliphatic heterocycles. The third-order valence-corrected chi connectivity index (χ3v) is 2.81. The van der Waals surface area contributed by atoms with Crippen LogP contribution in [0.25, 0.3) is 0 Å². The number of hydrogen-bond acceptors (Lipinski definition) is 6. The molecule has 2 rings (SSSR count). The highest BCUT2D eigenvalue weighted by Crippen LogP contribution is 2.12. The Kier molecular flexibility index (Phi) is 4.41. The van der Waals surface area contributed by atoms with Crippen LogP contribution in [-0.4, -0.2) is 21.4 Å². The van der Waals surface area contributed by atoms with Gasteiger partial charge in [-0.1, -0.05) is 12.1 Å². The largest absolute Gasteiger partial charge is 0.354 e. The molecule has 0 unspecified atom stereocenters. The minimum Gasteiger partial charge on any atom is -0.354 e. The molecule has 1 heterocycles. The standard InChI is InChI=1S/C14H13N5O2/c1-10-8-12(9-15)18-14(17-10)16-7-6-11-2-4-13(5-3-11)19(20)21/h2-5,8H,6-7H2,1H3,(H,16,17,18). The van der Waals surface area contributed by atoms with Gasteiger partial charge in [0, 0.05) is 24.4 Å². The molecule has 7 heteroatoms. The summed E-state index contributed by atoms with van der Waals surface area (Å²) in [7, 11) is 0. The summed E-state index contributed by atoms with van der Waals surface area (Å²) in [6.45, 7) is 2.37. The van der Waals surface area contributed by atoms with Gasteiger partial charge < -0.3 is 5.32 Å². The number of aromatic nitrogens is 2. The predicted molar refractivity (Wildman–Crippen MR) is 76.8 cm³/mol. The summed E-state index contributed by atoms with van der Waals surface area (Å²) in [6, 6.07) is 9.99. The number of benzene rings is 1. The highest BCUT2D eigenvalue weighted by Gasteiger charge is 2.04. The molecule has 0 fully saturated rings. The summed E-state index contributed by atoms with van der Waals surface area (Å²) in [5.41, 5.74) is 2.09. The van der Waals surface area contributed by atoms with E-state index in [1.54, 1.807) is 25.1 Å². The van der Waals surface area contributed by atoms with Crippen molar-refractivity contribution >= 4 is 11.6 Å². The van der Waals surface area contributed by atoms with Crippen molar-refractivity contribution in [2.24, 2.45) is 0 Å². The molecule has 0 bridgehead atoms. The van der Waals surface area contributed by atoms with E-state index in [0.717, 1.165) is 11.3 Å². The first-order valence-corrected chi connectivity index (χ1v) is 6.31. The van der Waals surface area contributed by atoms with Crippen molar-refractivity contribution in [2.75, 3.05) is 11.9 Å². The summed E-state index contributed by atoms with van der Waals surface area (Å²) < 4.78 is 0. The molecule has 0 atom stereocenters. The number of rotatable bonds is 5. The Balaban J connectivity index is 1.94. The molecule has 1 aromatic heterocycles. The SMILES string of the molecule is Cc1cc(C#N)nc(NCCc2ccc([N+](=O)[O-])cc2)n1. The number of non-ortho nitro benzene ring substituents is 1. The first-order chi connectivity index (χ1) is 10.1. The van der Waals surface area contributed by atoms with Gasteiger partial charge in [-0.2, -0.15) is 5.26 Å². The van der Waals surface area contributed by atoms with Crippen LogP contribution in [0.5, 0.6) is 0 Å². The number of nitriles is 1. The molecule has 21 heavy (non-hydrogen) atoms. The van der Waals surface area contributed by atoms with Crippen molar-refractivity contribution in [1.29, 1.82) is 5.26 Å². The van der Waals surface area contributed by atoms with Gasteiger partial charge in [0.1, 0.15) is 11.8 Å². The number of nitrogens with one attached hydrogen (secondary N) is 1. The van der Waals surface area contributed by atoms with Crippen LogP contribution in [0, 0.1) is 28.4 Å². The van der Waals surface area contributed by atoms with Gasteiger partial charge in [-0.05, 0) is 25.0 Å². The second-order valence-corrected chi connectivity index (χ2v) is 4.43.